The fourth-order valence-corrected chi connectivity index (χ4v) is 3.36. The highest BCUT2D eigenvalue weighted by molar-refractivity contribution is 5.84. The van der Waals surface area contributed by atoms with E-state index in [4.69, 9.17) is 5.21 Å². The van der Waals surface area contributed by atoms with Gasteiger partial charge in [0, 0.05) is 38.9 Å². The first kappa shape index (κ1) is 14.3. The van der Waals surface area contributed by atoms with Crippen LogP contribution in [0, 0.1) is 5.92 Å². The van der Waals surface area contributed by atoms with E-state index in [9.17, 15) is 0 Å². The first-order chi connectivity index (χ1) is 10.3. The lowest BCUT2D eigenvalue weighted by atomic mass is 9.87. The minimum Gasteiger partial charge on any atom is -0.411 e. The third kappa shape index (κ3) is 3.73. The molecule has 0 aromatic carbocycles. The number of anilines is 1. The van der Waals surface area contributed by atoms with Crippen molar-refractivity contribution in [2.45, 2.75) is 25.7 Å². The average molecular weight is 288 g/mol. The summed E-state index contributed by atoms with van der Waals surface area (Å²) in [5.41, 5.74) is 0.978. The van der Waals surface area contributed by atoms with Gasteiger partial charge in [0.15, 0.2) is 0 Å². The van der Waals surface area contributed by atoms with Crippen molar-refractivity contribution in [3.63, 3.8) is 0 Å². The zero-order valence-corrected chi connectivity index (χ0v) is 12.5. The number of hydrogen-bond donors (Lipinski definition) is 1. The monoisotopic (exact) mass is 288 g/mol. The SMILES string of the molecule is ON=C1CCC(CN2CCN(c3ccccn3)CC2)CC1. The van der Waals surface area contributed by atoms with Gasteiger partial charge >= 0.3 is 0 Å². The van der Waals surface area contributed by atoms with Crippen LogP contribution in [0.2, 0.25) is 0 Å². The van der Waals surface area contributed by atoms with Crippen LogP contribution in [0.4, 0.5) is 5.82 Å². The lowest BCUT2D eigenvalue weighted by Gasteiger charge is -2.37. The summed E-state index contributed by atoms with van der Waals surface area (Å²) in [6.45, 7) is 5.55. The summed E-state index contributed by atoms with van der Waals surface area (Å²) in [6, 6.07) is 6.11. The number of oxime groups is 1. The molecule has 3 rings (SSSR count). The van der Waals surface area contributed by atoms with Gasteiger partial charge in [-0.3, -0.25) is 4.90 Å². The molecule has 0 spiro atoms. The van der Waals surface area contributed by atoms with Gasteiger partial charge in [0.1, 0.15) is 5.82 Å². The highest BCUT2D eigenvalue weighted by atomic mass is 16.4. The average Bonchev–Trinajstić information content (AvgIpc) is 2.57. The Bertz CT molecular complexity index is 458. The molecule has 1 N–H and O–H groups in total. The number of hydrogen-bond acceptors (Lipinski definition) is 5. The molecule has 0 amide bonds. The molecule has 0 unspecified atom stereocenters. The summed E-state index contributed by atoms with van der Waals surface area (Å²) >= 11 is 0. The van der Waals surface area contributed by atoms with E-state index in [-0.39, 0.29) is 0 Å². The van der Waals surface area contributed by atoms with Crippen LogP contribution in [0.5, 0.6) is 0 Å². The van der Waals surface area contributed by atoms with Crippen molar-refractivity contribution in [2.75, 3.05) is 37.6 Å². The van der Waals surface area contributed by atoms with Gasteiger partial charge in [-0.1, -0.05) is 11.2 Å². The first-order valence-corrected chi connectivity index (χ1v) is 7.93. The molecule has 5 heteroatoms. The molecule has 1 aliphatic heterocycles. The van der Waals surface area contributed by atoms with Crippen molar-refractivity contribution in [3.8, 4) is 0 Å². The summed E-state index contributed by atoms with van der Waals surface area (Å²) < 4.78 is 0. The van der Waals surface area contributed by atoms with E-state index in [0.717, 1.165) is 56.5 Å². The molecule has 5 nitrogen and oxygen atoms in total. The zero-order chi connectivity index (χ0) is 14.5. The molecular weight excluding hydrogens is 264 g/mol. The van der Waals surface area contributed by atoms with Gasteiger partial charge in [0.25, 0.3) is 0 Å². The van der Waals surface area contributed by atoms with E-state index >= 15 is 0 Å². The Morgan fingerprint density at radius 2 is 1.90 bits per heavy atom. The predicted octanol–water partition coefficient (Wildman–Crippen LogP) is 2.22. The molecule has 2 aliphatic rings. The van der Waals surface area contributed by atoms with Crippen LogP contribution >= 0.6 is 0 Å². The topological polar surface area (TPSA) is 52.0 Å². The second kappa shape index (κ2) is 6.89. The fourth-order valence-electron chi connectivity index (χ4n) is 3.36. The molecular formula is C16H24N4O. The van der Waals surface area contributed by atoms with Gasteiger partial charge in [-0.2, -0.15) is 0 Å². The van der Waals surface area contributed by atoms with Crippen LogP contribution in [-0.2, 0) is 0 Å². The quantitative estimate of drug-likeness (QED) is 0.684. The minimum absolute atomic E-state index is 0.761. The van der Waals surface area contributed by atoms with Gasteiger partial charge in [-0.15, -0.1) is 0 Å². The number of rotatable bonds is 3. The van der Waals surface area contributed by atoms with E-state index < -0.39 is 0 Å². The Balaban J connectivity index is 1.44. The first-order valence-electron chi connectivity index (χ1n) is 7.93. The van der Waals surface area contributed by atoms with Crippen LogP contribution in [-0.4, -0.2) is 53.5 Å². The van der Waals surface area contributed by atoms with E-state index in [1.54, 1.807) is 0 Å². The van der Waals surface area contributed by atoms with Crippen LogP contribution in [0.25, 0.3) is 0 Å². The van der Waals surface area contributed by atoms with Crippen molar-refractivity contribution in [3.05, 3.63) is 24.4 Å². The van der Waals surface area contributed by atoms with Gasteiger partial charge in [0.05, 0.1) is 5.71 Å². The smallest absolute Gasteiger partial charge is 0.128 e. The Morgan fingerprint density at radius 1 is 1.14 bits per heavy atom. The molecule has 1 aromatic rings. The van der Waals surface area contributed by atoms with E-state index in [2.05, 4.69) is 32.1 Å². The van der Waals surface area contributed by atoms with Gasteiger partial charge in [-0.05, 0) is 43.7 Å². The minimum atomic E-state index is 0.761. The van der Waals surface area contributed by atoms with Crippen LogP contribution in [0.1, 0.15) is 25.7 Å². The van der Waals surface area contributed by atoms with Gasteiger partial charge in [0.2, 0.25) is 0 Å². The van der Waals surface area contributed by atoms with E-state index in [0.29, 0.717) is 0 Å². The Morgan fingerprint density at radius 3 is 2.52 bits per heavy atom. The van der Waals surface area contributed by atoms with Crippen LogP contribution in [0.15, 0.2) is 29.6 Å². The summed E-state index contributed by atoms with van der Waals surface area (Å²) in [6.07, 6.45) is 6.13. The number of pyridine rings is 1. The summed E-state index contributed by atoms with van der Waals surface area (Å²) in [4.78, 5) is 9.37. The van der Waals surface area contributed by atoms with Crippen molar-refractivity contribution in [1.29, 1.82) is 0 Å². The molecule has 1 saturated carbocycles. The summed E-state index contributed by atoms with van der Waals surface area (Å²) in [5.74, 6) is 1.86. The van der Waals surface area contributed by atoms with Crippen LogP contribution in [0.3, 0.4) is 0 Å². The highest BCUT2D eigenvalue weighted by Gasteiger charge is 2.23. The van der Waals surface area contributed by atoms with Crippen molar-refractivity contribution >= 4 is 11.5 Å². The molecule has 1 aliphatic carbocycles. The molecule has 0 radical (unpaired) electrons. The van der Waals surface area contributed by atoms with Crippen molar-refractivity contribution < 1.29 is 5.21 Å². The molecule has 2 heterocycles. The maximum Gasteiger partial charge on any atom is 0.128 e. The fraction of sp³-hybridized carbons (Fsp3) is 0.625. The normalized spacial score (nSPS) is 24.1. The van der Waals surface area contributed by atoms with Crippen molar-refractivity contribution in [2.24, 2.45) is 11.1 Å². The maximum absolute atomic E-state index is 8.80. The summed E-state index contributed by atoms with van der Waals surface area (Å²) in [5, 5.41) is 12.2. The molecule has 1 aromatic heterocycles. The Kier molecular flexibility index (Phi) is 4.70. The Hall–Kier alpha value is -1.62. The maximum atomic E-state index is 8.80. The third-order valence-corrected chi connectivity index (χ3v) is 4.69. The van der Waals surface area contributed by atoms with Crippen molar-refractivity contribution in [1.82, 2.24) is 9.88 Å². The number of nitrogens with zero attached hydrogens (tertiary/aromatic N) is 4. The largest absolute Gasteiger partial charge is 0.411 e. The molecule has 114 valence electrons. The second-order valence-corrected chi connectivity index (χ2v) is 6.09. The highest BCUT2D eigenvalue weighted by Crippen LogP contribution is 2.24. The van der Waals surface area contributed by atoms with E-state index in [1.165, 1.54) is 19.4 Å². The molecule has 1 saturated heterocycles. The molecule has 2 fully saturated rings. The van der Waals surface area contributed by atoms with E-state index in [1.807, 2.05) is 12.3 Å². The standard InChI is InChI=1S/C16H24N4O/c21-18-15-6-4-14(5-7-15)13-19-9-11-20(12-10-19)16-3-1-2-8-17-16/h1-3,8,14,21H,4-7,9-13H2. The van der Waals surface area contributed by atoms with Gasteiger partial charge in [-0.25, -0.2) is 4.98 Å². The van der Waals surface area contributed by atoms with Crippen LogP contribution < -0.4 is 4.90 Å². The third-order valence-electron chi connectivity index (χ3n) is 4.69. The molecule has 0 atom stereocenters. The summed E-state index contributed by atoms with van der Waals surface area (Å²) in [7, 11) is 0. The molecule has 21 heavy (non-hydrogen) atoms. The Labute approximate surface area is 126 Å². The predicted molar refractivity (Wildman–Crippen MR) is 84.1 cm³/mol. The lowest BCUT2D eigenvalue weighted by molar-refractivity contribution is 0.204. The molecule has 0 bridgehead atoms. The lowest BCUT2D eigenvalue weighted by Crippen LogP contribution is -2.48. The number of piperazine rings is 1. The zero-order valence-electron chi connectivity index (χ0n) is 12.5. The second-order valence-electron chi connectivity index (χ2n) is 6.09. The van der Waals surface area contributed by atoms with Gasteiger partial charge < -0.3 is 10.1 Å². The number of aromatic nitrogens is 1.